The summed E-state index contributed by atoms with van der Waals surface area (Å²) >= 11 is 0. The Morgan fingerprint density at radius 1 is 0.483 bits per heavy atom. The summed E-state index contributed by atoms with van der Waals surface area (Å²) in [5, 5.41) is 12.6. The molecule has 6 nitrogen and oxygen atoms in total. The molecule has 4 heterocycles. The lowest BCUT2D eigenvalue weighted by atomic mass is 9.84. The lowest BCUT2D eigenvalue weighted by Gasteiger charge is -2.23. The van der Waals surface area contributed by atoms with Crippen LogP contribution in [0.1, 0.15) is 52.7 Å². The molecule has 9 rings (SSSR count). The van der Waals surface area contributed by atoms with Gasteiger partial charge in [-0.1, -0.05) is 102 Å². The highest BCUT2D eigenvalue weighted by atomic mass is 16.3. The fourth-order valence-electron chi connectivity index (χ4n) is 7.83. The predicted octanol–water partition coefficient (Wildman–Crippen LogP) is 13.0. The number of aromatic nitrogens is 5. The number of phenols is 1. The van der Waals surface area contributed by atoms with Gasteiger partial charge in [-0.15, -0.1) is 0 Å². The van der Waals surface area contributed by atoms with E-state index in [1.54, 1.807) is 18.5 Å². The SMILES string of the molecule is CC(C)(C)c1ccc(-n2c(-c3cncc(-c4cc(C(C)(C)C)cc5cccnc45)c3)nc3c(-c4cc(-c5ccncc5)ccc4O)cccc32)c(-c2ccccc2)c1. The minimum atomic E-state index is -0.0679. The van der Waals surface area contributed by atoms with E-state index in [4.69, 9.17) is 15.0 Å². The Morgan fingerprint density at radius 2 is 1.24 bits per heavy atom. The molecule has 6 heteroatoms. The summed E-state index contributed by atoms with van der Waals surface area (Å²) in [6.07, 6.45) is 9.25. The van der Waals surface area contributed by atoms with Crippen LogP contribution in [0.3, 0.4) is 0 Å². The van der Waals surface area contributed by atoms with Crippen LogP contribution >= 0.6 is 0 Å². The molecule has 5 aromatic carbocycles. The van der Waals surface area contributed by atoms with Gasteiger partial charge in [-0.3, -0.25) is 19.5 Å². The highest BCUT2D eigenvalue weighted by molar-refractivity contribution is 5.99. The maximum absolute atomic E-state index is 11.5. The number of aromatic hydroxyl groups is 1. The number of para-hydroxylation sites is 1. The van der Waals surface area contributed by atoms with Gasteiger partial charge in [-0.2, -0.15) is 0 Å². The fourth-order valence-corrected chi connectivity index (χ4v) is 7.83. The Balaban J connectivity index is 1.34. The molecule has 9 aromatic rings. The number of hydrogen-bond acceptors (Lipinski definition) is 5. The summed E-state index contributed by atoms with van der Waals surface area (Å²) in [7, 11) is 0. The van der Waals surface area contributed by atoms with Gasteiger partial charge in [0.15, 0.2) is 0 Å². The zero-order chi connectivity index (χ0) is 40.2. The normalized spacial score (nSPS) is 12.0. The number of rotatable bonds is 6. The Hall–Kier alpha value is -6.92. The van der Waals surface area contributed by atoms with Gasteiger partial charge < -0.3 is 5.11 Å². The fraction of sp³-hybridized carbons (Fsp3) is 0.154. The second kappa shape index (κ2) is 14.2. The van der Waals surface area contributed by atoms with Gasteiger partial charge in [0.05, 0.1) is 22.2 Å². The minimum Gasteiger partial charge on any atom is -0.507 e. The molecular formula is C52H45N5O. The Kier molecular flexibility index (Phi) is 9.00. The van der Waals surface area contributed by atoms with E-state index in [0.717, 1.165) is 78.0 Å². The van der Waals surface area contributed by atoms with Crippen molar-refractivity contribution in [3.05, 3.63) is 170 Å². The monoisotopic (exact) mass is 755 g/mol. The molecule has 0 aliphatic carbocycles. The third-order valence-corrected chi connectivity index (χ3v) is 11.1. The van der Waals surface area contributed by atoms with Crippen molar-refractivity contribution in [3.63, 3.8) is 0 Å². The molecule has 0 aliphatic rings. The average Bonchev–Trinajstić information content (AvgIpc) is 3.63. The molecule has 0 spiro atoms. The largest absolute Gasteiger partial charge is 0.507 e. The molecule has 0 aliphatic heterocycles. The Bertz CT molecular complexity index is 2970. The second-order valence-electron chi connectivity index (χ2n) is 17.1. The molecule has 0 radical (unpaired) electrons. The molecule has 4 aromatic heterocycles. The molecule has 58 heavy (non-hydrogen) atoms. The van der Waals surface area contributed by atoms with E-state index in [2.05, 4.69) is 130 Å². The molecule has 1 N–H and O–H groups in total. The lowest BCUT2D eigenvalue weighted by molar-refractivity contribution is 0.477. The van der Waals surface area contributed by atoms with E-state index in [-0.39, 0.29) is 16.6 Å². The second-order valence-corrected chi connectivity index (χ2v) is 17.1. The van der Waals surface area contributed by atoms with E-state index >= 15 is 0 Å². The number of fused-ring (bicyclic) bond motifs is 2. The zero-order valence-electron chi connectivity index (χ0n) is 33.7. The van der Waals surface area contributed by atoms with Crippen molar-refractivity contribution in [1.82, 2.24) is 24.5 Å². The van der Waals surface area contributed by atoms with Crippen LogP contribution in [0, 0.1) is 0 Å². The van der Waals surface area contributed by atoms with Crippen molar-refractivity contribution < 1.29 is 5.11 Å². The maximum atomic E-state index is 11.5. The van der Waals surface area contributed by atoms with Crippen LogP contribution in [-0.4, -0.2) is 29.6 Å². The molecule has 0 atom stereocenters. The Morgan fingerprint density at radius 3 is 2.02 bits per heavy atom. The van der Waals surface area contributed by atoms with Crippen molar-refractivity contribution in [3.8, 4) is 67.3 Å². The smallest absolute Gasteiger partial charge is 0.147 e. The number of benzene rings is 5. The maximum Gasteiger partial charge on any atom is 0.147 e. The number of hydrogen-bond donors (Lipinski definition) is 1. The summed E-state index contributed by atoms with van der Waals surface area (Å²) in [5.41, 5.74) is 14.5. The zero-order valence-corrected chi connectivity index (χ0v) is 33.7. The van der Waals surface area contributed by atoms with Crippen LogP contribution in [0.25, 0.3) is 83.5 Å². The van der Waals surface area contributed by atoms with Gasteiger partial charge in [0.25, 0.3) is 0 Å². The van der Waals surface area contributed by atoms with Crippen LogP contribution in [0.4, 0.5) is 0 Å². The van der Waals surface area contributed by atoms with Gasteiger partial charge in [0, 0.05) is 69.8 Å². The van der Waals surface area contributed by atoms with E-state index in [1.165, 1.54) is 11.1 Å². The van der Waals surface area contributed by atoms with Gasteiger partial charge in [0.1, 0.15) is 11.6 Å². The number of phenolic OH excluding ortho intramolecular Hbond substituents is 1. The van der Waals surface area contributed by atoms with E-state index in [0.29, 0.717) is 5.56 Å². The van der Waals surface area contributed by atoms with Gasteiger partial charge >= 0.3 is 0 Å². The average molecular weight is 756 g/mol. The first kappa shape index (κ1) is 36.7. The van der Waals surface area contributed by atoms with Crippen LogP contribution in [-0.2, 0) is 10.8 Å². The first-order valence-electron chi connectivity index (χ1n) is 19.7. The molecule has 0 unspecified atom stereocenters. The third-order valence-electron chi connectivity index (χ3n) is 11.1. The highest BCUT2D eigenvalue weighted by Crippen LogP contribution is 2.43. The summed E-state index contributed by atoms with van der Waals surface area (Å²) in [5.74, 6) is 0.925. The van der Waals surface area contributed by atoms with E-state index in [9.17, 15) is 5.11 Å². The van der Waals surface area contributed by atoms with E-state index in [1.807, 2.05) is 61.1 Å². The molecule has 0 saturated heterocycles. The van der Waals surface area contributed by atoms with Crippen molar-refractivity contribution in [2.45, 2.75) is 52.4 Å². The molecule has 0 saturated carbocycles. The number of nitrogens with zero attached hydrogens (tertiary/aromatic N) is 5. The first-order chi connectivity index (χ1) is 27.9. The molecule has 0 bridgehead atoms. The van der Waals surface area contributed by atoms with Crippen LogP contribution in [0.2, 0.25) is 0 Å². The quantitative estimate of drug-likeness (QED) is 0.183. The first-order valence-corrected chi connectivity index (χ1v) is 19.7. The van der Waals surface area contributed by atoms with Crippen molar-refractivity contribution >= 4 is 21.9 Å². The molecular weight excluding hydrogens is 711 g/mol. The van der Waals surface area contributed by atoms with Crippen LogP contribution in [0.15, 0.2) is 158 Å². The number of imidazole rings is 1. The highest BCUT2D eigenvalue weighted by Gasteiger charge is 2.24. The lowest BCUT2D eigenvalue weighted by Crippen LogP contribution is -2.12. The Labute approximate surface area is 339 Å². The molecule has 0 amide bonds. The minimum absolute atomic E-state index is 0.0664. The summed E-state index contributed by atoms with van der Waals surface area (Å²) in [6.45, 7) is 13.5. The van der Waals surface area contributed by atoms with Crippen LogP contribution < -0.4 is 0 Å². The summed E-state index contributed by atoms with van der Waals surface area (Å²) in [6, 6.07) is 44.1. The van der Waals surface area contributed by atoms with Crippen molar-refractivity contribution in [2.24, 2.45) is 0 Å². The van der Waals surface area contributed by atoms with E-state index < -0.39 is 0 Å². The van der Waals surface area contributed by atoms with Crippen LogP contribution in [0.5, 0.6) is 5.75 Å². The topological polar surface area (TPSA) is 76.7 Å². The van der Waals surface area contributed by atoms with Gasteiger partial charge in [0.2, 0.25) is 0 Å². The summed E-state index contributed by atoms with van der Waals surface area (Å²) < 4.78 is 2.26. The van der Waals surface area contributed by atoms with Gasteiger partial charge in [-0.05, 0) is 105 Å². The third kappa shape index (κ3) is 6.71. The van der Waals surface area contributed by atoms with Crippen molar-refractivity contribution in [2.75, 3.05) is 0 Å². The summed E-state index contributed by atoms with van der Waals surface area (Å²) in [4.78, 5) is 19.5. The standard InChI is InChI=1S/C52H45N5O/c1-51(2,3)39-18-19-45(42(29-39)34-12-8-7-9-13-34)57-46-16-10-15-41(44-28-35(17-20-47(44)58)33-21-24-53-25-22-33)49(46)56-50(57)38-26-37(31-54-32-38)43-30-40(52(4,5)6)27-36-14-11-23-55-48(36)43/h7-32,58H,1-6H3. The predicted molar refractivity (Wildman–Crippen MR) is 238 cm³/mol. The number of pyridine rings is 3. The van der Waals surface area contributed by atoms with Crippen molar-refractivity contribution in [1.29, 1.82) is 0 Å². The molecule has 284 valence electrons. The van der Waals surface area contributed by atoms with Gasteiger partial charge in [-0.25, -0.2) is 4.98 Å². The molecule has 0 fully saturated rings.